The fourth-order valence-corrected chi connectivity index (χ4v) is 2.95. The summed E-state index contributed by atoms with van der Waals surface area (Å²) in [5.41, 5.74) is 0.371. The maximum Gasteiger partial charge on any atom is 0.0224 e. The van der Waals surface area contributed by atoms with Gasteiger partial charge in [-0.05, 0) is 45.4 Å². The predicted molar refractivity (Wildman–Crippen MR) is 69.7 cm³/mol. The Morgan fingerprint density at radius 2 is 1.94 bits per heavy atom. The summed E-state index contributed by atoms with van der Waals surface area (Å²) in [7, 11) is 0. The molecule has 0 aromatic rings. The van der Waals surface area contributed by atoms with Gasteiger partial charge in [-0.3, -0.25) is 4.90 Å². The van der Waals surface area contributed by atoms with Crippen LogP contribution in [0.15, 0.2) is 0 Å². The van der Waals surface area contributed by atoms with Crippen LogP contribution >= 0.6 is 0 Å². The van der Waals surface area contributed by atoms with Crippen molar-refractivity contribution in [3.63, 3.8) is 0 Å². The molecule has 0 amide bonds. The Morgan fingerprint density at radius 3 is 2.44 bits per heavy atom. The van der Waals surface area contributed by atoms with Gasteiger partial charge in [-0.25, -0.2) is 0 Å². The van der Waals surface area contributed by atoms with Crippen LogP contribution in [0.25, 0.3) is 0 Å². The van der Waals surface area contributed by atoms with Gasteiger partial charge in [0, 0.05) is 30.7 Å². The van der Waals surface area contributed by atoms with E-state index in [9.17, 15) is 0 Å². The topological polar surface area (TPSA) is 15.3 Å². The van der Waals surface area contributed by atoms with Crippen LogP contribution in [0.3, 0.4) is 0 Å². The Bertz CT molecular complexity index is 233. The minimum Gasteiger partial charge on any atom is -0.311 e. The average molecular weight is 224 g/mol. The first-order chi connectivity index (χ1) is 7.58. The third kappa shape index (κ3) is 2.43. The van der Waals surface area contributed by atoms with E-state index in [1.54, 1.807) is 0 Å². The molecule has 2 atom stereocenters. The van der Waals surface area contributed by atoms with Gasteiger partial charge in [-0.1, -0.05) is 13.8 Å². The van der Waals surface area contributed by atoms with Crippen molar-refractivity contribution in [2.24, 2.45) is 5.92 Å². The van der Waals surface area contributed by atoms with E-state index in [0.29, 0.717) is 5.54 Å². The SMILES string of the molecule is CCC1CNC(C2CC2)CN1C(C)(C)CC. The van der Waals surface area contributed by atoms with E-state index in [0.717, 1.165) is 18.0 Å². The van der Waals surface area contributed by atoms with Crippen molar-refractivity contribution in [2.45, 2.75) is 71.0 Å². The molecule has 94 valence electrons. The zero-order chi connectivity index (χ0) is 11.8. The minimum absolute atomic E-state index is 0.371. The summed E-state index contributed by atoms with van der Waals surface area (Å²) in [6.45, 7) is 11.9. The normalized spacial score (nSPS) is 33.0. The Hall–Kier alpha value is -0.0800. The van der Waals surface area contributed by atoms with Crippen molar-refractivity contribution in [3.8, 4) is 0 Å². The molecule has 2 fully saturated rings. The van der Waals surface area contributed by atoms with E-state index in [1.807, 2.05) is 0 Å². The van der Waals surface area contributed by atoms with Crippen molar-refractivity contribution in [2.75, 3.05) is 13.1 Å². The van der Waals surface area contributed by atoms with Gasteiger partial charge in [0.2, 0.25) is 0 Å². The number of nitrogens with zero attached hydrogens (tertiary/aromatic N) is 1. The van der Waals surface area contributed by atoms with Gasteiger partial charge < -0.3 is 5.32 Å². The summed E-state index contributed by atoms with van der Waals surface area (Å²) in [5, 5.41) is 3.77. The third-order valence-electron chi connectivity index (χ3n) is 4.75. The van der Waals surface area contributed by atoms with Gasteiger partial charge in [-0.2, -0.15) is 0 Å². The standard InChI is InChI=1S/C14H28N2/c1-5-12-9-15-13(11-7-8-11)10-16(12)14(3,4)6-2/h11-13,15H,5-10H2,1-4H3. The molecule has 0 spiro atoms. The number of nitrogens with one attached hydrogen (secondary N) is 1. The van der Waals surface area contributed by atoms with Crippen molar-refractivity contribution in [3.05, 3.63) is 0 Å². The molecule has 1 saturated carbocycles. The molecule has 1 heterocycles. The molecule has 0 aromatic heterocycles. The third-order valence-corrected chi connectivity index (χ3v) is 4.75. The molecule has 1 saturated heterocycles. The molecule has 2 heteroatoms. The van der Waals surface area contributed by atoms with Crippen molar-refractivity contribution in [1.29, 1.82) is 0 Å². The van der Waals surface area contributed by atoms with E-state index in [1.165, 1.54) is 38.8 Å². The van der Waals surface area contributed by atoms with E-state index in [-0.39, 0.29) is 0 Å². The smallest absolute Gasteiger partial charge is 0.0224 e. The van der Waals surface area contributed by atoms with Crippen molar-refractivity contribution in [1.82, 2.24) is 10.2 Å². The Morgan fingerprint density at radius 1 is 1.25 bits per heavy atom. The highest BCUT2D eigenvalue weighted by atomic mass is 15.3. The number of rotatable bonds is 4. The summed E-state index contributed by atoms with van der Waals surface area (Å²) >= 11 is 0. The van der Waals surface area contributed by atoms with Crippen LogP contribution in [0.1, 0.15) is 53.4 Å². The molecule has 2 aliphatic rings. The van der Waals surface area contributed by atoms with Gasteiger partial charge in [0.15, 0.2) is 0 Å². The van der Waals surface area contributed by atoms with Crippen molar-refractivity contribution < 1.29 is 0 Å². The fourth-order valence-electron chi connectivity index (χ4n) is 2.95. The number of hydrogen-bond donors (Lipinski definition) is 1. The first-order valence-electron chi connectivity index (χ1n) is 7.08. The van der Waals surface area contributed by atoms with Crippen LogP contribution in [0, 0.1) is 5.92 Å². The highest BCUT2D eigenvalue weighted by Crippen LogP contribution is 2.36. The monoisotopic (exact) mass is 224 g/mol. The predicted octanol–water partition coefficient (Wildman–Crippen LogP) is 2.64. The second-order valence-electron chi connectivity index (χ2n) is 6.23. The average Bonchev–Trinajstić information content (AvgIpc) is 3.12. The van der Waals surface area contributed by atoms with E-state index in [2.05, 4.69) is 37.9 Å². The lowest BCUT2D eigenvalue weighted by Crippen LogP contribution is -2.62. The molecule has 2 unspecified atom stereocenters. The Labute approximate surface area is 101 Å². The van der Waals surface area contributed by atoms with E-state index >= 15 is 0 Å². The summed E-state index contributed by atoms with van der Waals surface area (Å²) in [6, 6.07) is 1.51. The molecule has 1 N–H and O–H groups in total. The van der Waals surface area contributed by atoms with Gasteiger partial charge in [0.05, 0.1) is 0 Å². The Kier molecular flexibility index (Phi) is 3.60. The minimum atomic E-state index is 0.371. The van der Waals surface area contributed by atoms with Crippen LogP contribution in [-0.2, 0) is 0 Å². The molecular formula is C14H28N2. The summed E-state index contributed by atoms with van der Waals surface area (Å²) < 4.78 is 0. The number of hydrogen-bond acceptors (Lipinski definition) is 2. The molecule has 0 bridgehead atoms. The molecule has 0 radical (unpaired) electrons. The lowest BCUT2D eigenvalue weighted by Gasteiger charge is -2.49. The zero-order valence-electron chi connectivity index (χ0n) is 11.4. The lowest BCUT2D eigenvalue weighted by atomic mass is 9.92. The second-order valence-corrected chi connectivity index (χ2v) is 6.23. The molecule has 1 aliphatic heterocycles. The molecular weight excluding hydrogens is 196 g/mol. The van der Waals surface area contributed by atoms with Gasteiger partial charge in [0.1, 0.15) is 0 Å². The molecule has 1 aliphatic carbocycles. The van der Waals surface area contributed by atoms with E-state index in [4.69, 9.17) is 0 Å². The largest absolute Gasteiger partial charge is 0.311 e. The molecule has 2 rings (SSSR count). The van der Waals surface area contributed by atoms with Crippen LogP contribution in [0.4, 0.5) is 0 Å². The van der Waals surface area contributed by atoms with Gasteiger partial charge in [0.25, 0.3) is 0 Å². The highest BCUT2D eigenvalue weighted by Gasteiger charge is 2.40. The highest BCUT2D eigenvalue weighted by molar-refractivity contribution is 4.98. The summed E-state index contributed by atoms with van der Waals surface area (Å²) in [4.78, 5) is 2.77. The summed E-state index contributed by atoms with van der Waals surface area (Å²) in [6.07, 6.45) is 5.43. The Balaban J connectivity index is 2.04. The van der Waals surface area contributed by atoms with Gasteiger partial charge >= 0.3 is 0 Å². The first-order valence-corrected chi connectivity index (χ1v) is 7.08. The van der Waals surface area contributed by atoms with Crippen LogP contribution < -0.4 is 5.32 Å². The van der Waals surface area contributed by atoms with Crippen LogP contribution in [-0.4, -0.2) is 35.6 Å². The molecule has 2 nitrogen and oxygen atoms in total. The van der Waals surface area contributed by atoms with Gasteiger partial charge in [-0.15, -0.1) is 0 Å². The zero-order valence-corrected chi connectivity index (χ0v) is 11.4. The fraction of sp³-hybridized carbons (Fsp3) is 1.00. The maximum absolute atomic E-state index is 3.77. The number of piperazine rings is 1. The summed E-state index contributed by atoms with van der Waals surface area (Å²) in [5.74, 6) is 0.980. The lowest BCUT2D eigenvalue weighted by molar-refractivity contribution is 0.0225. The van der Waals surface area contributed by atoms with Crippen LogP contribution in [0.5, 0.6) is 0 Å². The van der Waals surface area contributed by atoms with Crippen molar-refractivity contribution >= 4 is 0 Å². The molecule has 0 aromatic carbocycles. The quantitative estimate of drug-likeness (QED) is 0.790. The molecule has 16 heavy (non-hydrogen) atoms. The maximum atomic E-state index is 3.77. The van der Waals surface area contributed by atoms with E-state index < -0.39 is 0 Å². The first kappa shape index (κ1) is 12.4. The van der Waals surface area contributed by atoms with Crippen LogP contribution in [0.2, 0.25) is 0 Å². The second kappa shape index (κ2) is 4.66.